The van der Waals surface area contributed by atoms with Crippen molar-refractivity contribution in [2.45, 2.75) is 6.92 Å². The molecule has 2 N–H and O–H groups in total. The number of methoxy groups -OCH3 is 1. The van der Waals surface area contributed by atoms with Crippen LogP contribution in [0.5, 0.6) is 5.75 Å². The molecule has 2 heterocycles. The van der Waals surface area contributed by atoms with Crippen LogP contribution in [-0.4, -0.2) is 33.5 Å². The largest absolute Gasteiger partial charge is 0.496 e. The van der Waals surface area contributed by atoms with E-state index in [1.54, 1.807) is 13.3 Å². The van der Waals surface area contributed by atoms with Crippen LogP contribution in [0, 0.1) is 6.92 Å². The number of aromatic amines is 1. The molecule has 2 aromatic heterocycles. The molecule has 8 heteroatoms. The highest BCUT2D eigenvalue weighted by molar-refractivity contribution is 9.10. The number of hydrogen-bond donors (Lipinski definition) is 2. The van der Waals surface area contributed by atoms with Crippen LogP contribution in [-0.2, 0) is 0 Å². The van der Waals surface area contributed by atoms with Gasteiger partial charge in [0.2, 0.25) is 0 Å². The van der Waals surface area contributed by atoms with Gasteiger partial charge in [0.05, 0.1) is 13.3 Å². The Kier molecular flexibility index (Phi) is 4.26. The molecular formula is C18H15BrN6O. The first-order chi connectivity index (χ1) is 12.6. The van der Waals surface area contributed by atoms with Crippen LogP contribution in [0.4, 0.5) is 5.95 Å². The Morgan fingerprint density at radius 3 is 2.92 bits per heavy atom. The van der Waals surface area contributed by atoms with E-state index < -0.39 is 0 Å². The lowest BCUT2D eigenvalue weighted by atomic mass is 10.2. The van der Waals surface area contributed by atoms with Gasteiger partial charge < -0.3 is 9.72 Å². The molecule has 0 aliphatic heterocycles. The Morgan fingerprint density at radius 1 is 1.19 bits per heavy atom. The highest BCUT2D eigenvalue weighted by atomic mass is 79.9. The van der Waals surface area contributed by atoms with Crippen LogP contribution in [0.15, 0.2) is 46.0 Å². The number of anilines is 1. The third-order valence-electron chi connectivity index (χ3n) is 3.93. The molecule has 0 aliphatic rings. The summed E-state index contributed by atoms with van der Waals surface area (Å²) in [5, 5.41) is 13.6. The van der Waals surface area contributed by atoms with E-state index in [1.165, 1.54) is 0 Å². The Bertz CT molecular complexity index is 1140. The van der Waals surface area contributed by atoms with Crippen LogP contribution in [0.2, 0.25) is 0 Å². The van der Waals surface area contributed by atoms with Crippen LogP contribution < -0.4 is 10.2 Å². The van der Waals surface area contributed by atoms with E-state index in [2.05, 4.69) is 52.7 Å². The molecule has 0 radical (unpaired) electrons. The van der Waals surface area contributed by atoms with Gasteiger partial charge in [0.1, 0.15) is 11.3 Å². The molecule has 0 unspecified atom stereocenters. The number of fused-ring (bicyclic) bond motifs is 3. The lowest BCUT2D eigenvalue weighted by Crippen LogP contribution is -1.99. The van der Waals surface area contributed by atoms with Crippen molar-refractivity contribution in [3.63, 3.8) is 0 Å². The molecule has 0 amide bonds. The number of benzene rings is 2. The molecule has 0 saturated carbocycles. The number of nitrogens with zero attached hydrogens (tertiary/aromatic N) is 4. The summed E-state index contributed by atoms with van der Waals surface area (Å²) in [7, 11) is 1.62. The zero-order valence-electron chi connectivity index (χ0n) is 14.1. The Hall–Kier alpha value is -3.00. The first kappa shape index (κ1) is 16.5. The van der Waals surface area contributed by atoms with Crippen molar-refractivity contribution >= 4 is 50.2 Å². The van der Waals surface area contributed by atoms with Gasteiger partial charge >= 0.3 is 0 Å². The number of hydrogen-bond acceptors (Lipinski definition) is 6. The summed E-state index contributed by atoms with van der Waals surface area (Å²) in [6.45, 7) is 2.04. The van der Waals surface area contributed by atoms with Crippen LogP contribution >= 0.6 is 15.9 Å². The predicted molar refractivity (Wildman–Crippen MR) is 106 cm³/mol. The second-order valence-corrected chi connectivity index (χ2v) is 6.68. The number of halogens is 1. The average molecular weight is 411 g/mol. The lowest BCUT2D eigenvalue weighted by molar-refractivity contribution is 0.414. The number of hydrazone groups is 1. The number of nitrogens with one attached hydrogen (secondary N) is 2. The molecule has 0 saturated heterocycles. The summed E-state index contributed by atoms with van der Waals surface area (Å²) in [6.07, 6.45) is 1.64. The first-order valence-corrected chi connectivity index (χ1v) is 8.69. The minimum atomic E-state index is 0.311. The molecular weight excluding hydrogens is 396 g/mol. The number of aromatic nitrogens is 4. The van der Waals surface area contributed by atoms with E-state index in [1.807, 2.05) is 37.3 Å². The van der Waals surface area contributed by atoms with Crippen LogP contribution in [0.25, 0.3) is 22.1 Å². The minimum Gasteiger partial charge on any atom is -0.496 e. The summed E-state index contributed by atoms with van der Waals surface area (Å²) >= 11 is 3.43. The van der Waals surface area contributed by atoms with E-state index in [0.717, 1.165) is 37.8 Å². The molecule has 4 aromatic rings. The molecule has 0 atom stereocenters. The number of H-pyrrole nitrogens is 1. The predicted octanol–water partition coefficient (Wildman–Crippen LogP) is 4.03. The molecule has 0 aliphatic carbocycles. The van der Waals surface area contributed by atoms with Gasteiger partial charge in [-0.05, 0) is 37.3 Å². The molecule has 0 spiro atoms. The summed E-state index contributed by atoms with van der Waals surface area (Å²) in [5.74, 6) is 1.03. The molecule has 0 fully saturated rings. The zero-order valence-corrected chi connectivity index (χ0v) is 15.7. The van der Waals surface area contributed by atoms with Gasteiger partial charge in [0.15, 0.2) is 5.65 Å². The summed E-state index contributed by atoms with van der Waals surface area (Å²) in [5.41, 5.74) is 7.18. The topological polar surface area (TPSA) is 88.1 Å². The van der Waals surface area contributed by atoms with E-state index in [-0.39, 0.29) is 0 Å². The summed E-state index contributed by atoms with van der Waals surface area (Å²) < 4.78 is 6.25. The Balaban J connectivity index is 1.62. The van der Waals surface area contributed by atoms with Crippen LogP contribution in [0.3, 0.4) is 0 Å². The Labute approximate surface area is 157 Å². The number of ether oxygens (including phenoxy) is 1. The standard InChI is InChI=1S/C18H15BrN6O/c1-10-3-5-14-13(7-10)16-17(21-14)22-18(25-23-16)24-20-9-11-8-12(19)4-6-15(11)26-2/h3-9H,1-2H3,(H2,21,22,24,25). The quantitative estimate of drug-likeness (QED) is 0.391. The van der Waals surface area contributed by atoms with Crippen molar-refractivity contribution in [3.8, 4) is 5.75 Å². The average Bonchev–Trinajstić information content (AvgIpc) is 2.99. The van der Waals surface area contributed by atoms with Gasteiger partial charge in [-0.3, -0.25) is 0 Å². The Morgan fingerprint density at radius 2 is 2.08 bits per heavy atom. The molecule has 2 aromatic carbocycles. The fraction of sp³-hybridized carbons (Fsp3) is 0.111. The maximum Gasteiger partial charge on any atom is 0.265 e. The van der Waals surface area contributed by atoms with E-state index in [0.29, 0.717) is 11.6 Å². The third-order valence-corrected chi connectivity index (χ3v) is 4.42. The van der Waals surface area contributed by atoms with Crippen molar-refractivity contribution in [1.82, 2.24) is 20.2 Å². The second kappa shape index (κ2) is 6.72. The van der Waals surface area contributed by atoms with E-state index >= 15 is 0 Å². The molecule has 130 valence electrons. The highest BCUT2D eigenvalue weighted by Crippen LogP contribution is 2.24. The molecule has 7 nitrogen and oxygen atoms in total. The fourth-order valence-corrected chi connectivity index (χ4v) is 3.08. The van der Waals surface area contributed by atoms with Gasteiger partial charge in [-0.25, -0.2) is 5.43 Å². The van der Waals surface area contributed by atoms with Crippen molar-refractivity contribution in [2.75, 3.05) is 12.5 Å². The van der Waals surface area contributed by atoms with Gasteiger partial charge in [0, 0.05) is 20.9 Å². The van der Waals surface area contributed by atoms with Gasteiger partial charge in [-0.15, -0.1) is 10.2 Å². The van der Waals surface area contributed by atoms with E-state index in [9.17, 15) is 0 Å². The third kappa shape index (κ3) is 3.11. The molecule has 4 rings (SSSR count). The number of aryl methyl sites for hydroxylation is 1. The molecule has 26 heavy (non-hydrogen) atoms. The summed E-state index contributed by atoms with van der Waals surface area (Å²) in [4.78, 5) is 7.69. The lowest BCUT2D eigenvalue weighted by Gasteiger charge is -2.04. The van der Waals surface area contributed by atoms with Gasteiger partial charge in [-0.2, -0.15) is 10.1 Å². The van der Waals surface area contributed by atoms with Crippen molar-refractivity contribution in [3.05, 3.63) is 52.0 Å². The maximum absolute atomic E-state index is 5.32. The van der Waals surface area contributed by atoms with Gasteiger partial charge in [0.25, 0.3) is 5.95 Å². The zero-order chi connectivity index (χ0) is 18.1. The SMILES string of the molecule is COc1ccc(Br)cc1C=NNc1nnc2c(n1)[nH]c1ccc(C)cc12. The van der Waals surface area contributed by atoms with E-state index in [4.69, 9.17) is 4.74 Å². The number of rotatable bonds is 4. The second-order valence-electron chi connectivity index (χ2n) is 5.76. The maximum atomic E-state index is 5.32. The highest BCUT2D eigenvalue weighted by Gasteiger charge is 2.09. The smallest absolute Gasteiger partial charge is 0.265 e. The molecule has 0 bridgehead atoms. The van der Waals surface area contributed by atoms with Crippen molar-refractivity contribution in [2.24, 2.45) is 5.10 Å². The van der Waals surface area contributed by atoms with Crippen molar-refractivity contribution < 1.29 is 4.74 Å². The minimum absolute atomic E-state index is 0.311. The first-order valence-electron chi connectivity index (χ1n) is 7.89. The van der Waals surface area contributed by atoms with Crippen molar-refractivity contribution in [1.29, 1.82) is 0 Å². The summed E-state index contributed by atoms with van der Waals surface area (Å²) in [6, 6.07) is 11.8. The monoisotopic (exact) mass is 410 g/mol. The normalized spacial score (nSPS) is 11.5. The van der Waals surface area contributed by atoms with Gasteiger partial charge in [-0.1, -0.05) is 27.6 Å². The van der Waals surface area contributed by atoms with Crippen LogP contribution in [0.1, 0.15) is 11.1 Å². The fourth-order valence-electron chi connectivity index (χ4n) is 2.70.